The summed E-state index contributed by atoms with van der Waals surface area (Å²) in [5.41, 5.74) is 2.89. The van der Waals surface area contributed by atoms with Crippen molar-refractivity contribution >= 4 is 0 Å². The Morgan fingerprint density at radius 1 is 1.31 bits per heavy atom. The number of rotatable bonds is 2. The maximum atomic E-state index is 5.66. The molecule has 1 atom stereocenters. The lowest BCUT2D eigenvalue weighted by Gasteiger charge is -2.28. The predicted molar refractivity (Wildman–Crippen MR) is 66.9 cm³/mol. The van der Waals surface area contributed by atoms with E-state index in [9.17, 15) is 0 Å². The van der Waals surface area contributed by atoms with Crippen molar-refractivity contribution in [1.82, 2.24) is 5.32 Å². The molecule has 1 heterocycles. The van der Waals surface area contributed by atoms with E-state index in [1.807, 2.05) is 0 Å². The van der Waals surface area contributed by atoms with Gasteiger partial charge in [0.15, 0.2) is 0 Å². The van der Waals surface area contributed by atoms with E-state index in [-0.39, 0.29) is 5.41 Å². The standard InChI is InChI=1S/C14H21NO/c1-3-12-4-6-13(7-5-12)14(2)10-15-8-9-16-11-14/h4-7,15H,3,8-11H2,1-2H3. The molecule has 0 bridgehead atoms. The molecule has 1 aliphatic rings. The number of hydrogen-bond donors (Lipinski definition) is 1. The van der Waals surface area contributed by atoms with Crippen molar-refractivity contribution in [3.8, 4) is 0 Å². The molecule has 0 amide bonds. The van der Waals surface area contributed by atoms with Crippen LogP contribution in [0, 0.1) is 0 Å². The molecule has 1 fully saturated rings. The summed E-state index contributed by atoms with van der Waals surface area (Å²) in [6.45, 7) is 8.05. The topological polar surface area (TPSA) is 21.3 Å². The molecule has 0 spiro atoms. The highest BCUT2D eigenvalue weighted by molar-refractivity contribution is 5.29. The quantitative estimate of drug-likeness (QED) is 0.822. The molecule has 2 rings (SSSR count). The summed E-state index contributed by atoms with van der Waals surface area (Å²) in [4.78, 5) is 0. The highest BCUT2D eigenvalue weighted by Gasteiger charge is 2.28. The van der Waals surface area contributed by atoms with Crippen LogP contribution < -0.4 is 5.32 Å². The molecule has 0 aromatic heterocycles. The molecular formula is C14H21NO. The fourth-order valence-corrected chi connectivity index (χ4v) is 2.19. The molecule has 1 aliphatic heterocycles. The van der Waals surface area contributed by atoms with Crippen LogP contribution in [0.25, 0.3) is 0 Å². The van der Waals surface area contributed by atoms with Crippen LogP contribution in [0.4, 0.5) is 0 Å². The number of aryl methyl sites for hydroxylation is 1. The third kappa shape index (κ3) is 2.45. The highest BCUT2D eigenvalue weighted by Crippen LogP contribution is 2.25. The first kappa shape index (κ1) is 11.6. The first-order valence-electron chi connectivity index (χ1n) is 6.12. The van der Waals surface area contributed by atoms with Gasteiger partial charge in [-0.25, -0.2) is 0 Å². The lowest BCUT2D eigenvalue weighted by molar-refractivity contribution is 0.113. The summed E-state index contributed by atoms with van der Waals surface area (Å²) in [6.07, 6.45) is 1.10. The van der Waals surface area contributed by atoms with Gasteiger partial charge >= 0.3 is 0 Å². The van der Waals surface area contributed by atoms with E-state index in [2.05, 4.69) is 43.4 Å². The minimum atomic E-state index is 0.114. The van der Waals surface area contributed by atoms with Gasteiger partial charge in [-0.05, 0) is 17.5 Å². The lowest BCUT2D eigenvalue weighted by atomic mass is 9.83. The third-order valence-corrected chi connectivity index (χ3v) is 3.42. The summed E-state index contributed by atoms with van der Waals surface area (Å²) >= 11 is 0. The molecule has 2 nitrogen and oxygen atoms in total. The van der Waals surface area contributed by atoms with Crippen LogP contribution in [0.15, 0.2) is 24.3 Å². The predicted octanol–water partition coefficient (Wildman–Crippen LogP) is 2.13. The van der Waals surface area contributed by atoms with Gasteiger partial charge in [0.2, 0.25) is 0 Å². The summed E-state index contributed by atoms with van der Waals surface area (Å²) < 4.78 is 5.66. The molecule has 0 aliphatic carbocycles. The Morgan fingerprint density at radius 3 is 2.75 bits per heavy atom. The molecule has 1 N–H and O–H groups in total. The van der Waals surface area contributed by atoms with Crippen molar-refractivity contribution in [2.24, 2.45) is 0 Å². The molecule has 1 unspecified atom stereocenters. The molecule has 2 heteroatoms. The van der Waals surface area contributed by atoms with E-state index in [4.69, 9.17) is 4.74 Å². The Bertz CT molecular complexity index is 323. The second-order valence-corrected chi connectivity index (χ2v) is 4.84. The first-order chi connectivity index (χ1) is 7.74. The van der Waals surface area contributed by atoms with Crippen LogP contribution in [-0.2, 0) is 16.6 Å². The highest BCUT2D eigenvalue weighted by atomic mass is 16.5. The van der Waals surface area contributed by atoms with E-state index < -0.39 is 0 Å². The van der Waals surface area contributed by atoms with E-state index in [1.165, 1.54) is 11.1 Å². The maximum Gasteiger partial charge on any atom is 0.0591 e. The monoisotopic (exact) mass is 219 g/mol. The number of hydrogen-bond acceptors (Lipinski definition) is 2. The molecule has 16 heavy (non-hydrogen) atoms. The zero-order valence-corrected chi connectivity index (χ0v) is 10.3. The summed E-state index contributed by atoms with van der Waals surface area (Å²) in [6, 6.07) is 8.95. The second kappa shape index (κ2) is 4.98. The van der Waals surface area contributed by atoms with E-state index in [0.717, 1.165) is 32.7 Å². The van der Waals surface area contributed by atoms with Gasteiger partial charge in [0.25, 0.3) is 0 Å². The Balaban J connectivity index is 2.19. The summed E-state index contributed by atoms with van der Waals surface area (Å²) in [5.74, 6) is 0. The first-order valence-corrected chi connectivity index (χ1v) is 6.12. The normalized spacial score (nSPS) is 26.4. The maximum absolute atomic E-state index is 5.66. The van der Waals surface area contributed by atoms with Crippen molar-refractivity contribution < 1.29 is 4.74 Å². The molecule has 1 aromatic rings. The van der Waals surface area contributed by atoms with Crippen molar-refractivity contribution in [1.29, 1.82) is 0 Å². The smallest absolute Gasteiger partial charge is 0.0591 e. The molecule has 1 saturated heterocycles. The summed E-state index contributed by atoms with van der Waals surface area (Å²) in [5, 5.41) is 3.44. The van der Waals surface area contributed by atoms with Crippen molar-refractivity contribution in [2.75, 3.05) is 26.3 Å². The fourth-order valence-electron chi connectivity index (χ4n) is 2.19. The number of nitrogens with one attached hydrogen (secondary N) is 1. The third-order valence-electron chi connectivity index (χ3n) is 3.42. The van der Waals surface area contributed by atoms with Crippen molar-refractivity contribution in [3.63, 3.8) is 0 Å². The number of benzene rings is 1. The van der Waals surface area contributed by atoms with Crippen molar-refractivity contribution in [2.45, 2.75) is 25.7 Å². The largest absolute Gasteiger partial charge is 0.379 e. The van der Waals surface area contributed by atoms with Gasteiger partial charge in [0.1, 0.15) is 0 Å². The van der Waals surface area contributed by atoms with Gasteiger partial charge in [0, 0.05) is 18.5 Å². The average molecular weight is 219 g/mol. The second-order valence-electron chi connectivity index (χ2n) is 4.84. The van der Waals surface area contributed by atoms with Crippen LogP contribution in [-0.4, -0.2) is 26.3 Å². The van der Waals surface area contributed by atoms with Gasteiger partial charge in [-0.1, -0.05) is 38.1 Å². The van der Waals surface area contributed by atoms with Gasteiger partial charge in [0.05, 0.1) is 13.2 Å². The molecule has 0 saturated carbocycles. The lowest BCUT2D eigenvalue weighted by Crippen LogP contribution is -2.36. The molecule has 88 valence electrons. The van der Waals surface area contributed by atoms with Crippen LogP contribution in [0.2, 0.25) is 0 Å². The SMILES string of the molecule is CCc1ccc(C2(C)CNCCOC2)cc1. The zero-order valence-electron chi connectivity index (χ0n) is 10.3. The van der Waals surface area contributed by atoms with Gasteiger partial charge < -0.3 is 10.1 Å². The Kier molecular flexibility index (Phi) is 3.62. The minimum absolute atomic E-state index is 0.114. The fraction of sp³-hybridized carbons (Fsp3) is 0.571. The van der Waals surface area contributed by atoms with E-state index in [1.54, 1.807) is 0 Å². The van der Waals surface area contributed by atoms with Crippen LogP contribution >= 0.6 is 0 Å². The van der Waals surface area contributed by atoms with Gasteiger partial charge in [-0.15, -0.1) is 0 Å². The Labute approximate surface area is 98.0 Å². The van der Waals surface area contributed by atoms with E-state index >= 15 is 0 Å². The zero-order chi connectivity index (χ0) is 11.4. The minimum Gasteiger partial charge on any atom is -0.379 e. The van der Waals surface area contributed by atoms with Gasteiger partial charge in [-0.3, -0.25) is 0 Å². The molecular weight excluding hydrogens is 198 g/mol. The number of ether oxygens (including phenoxy) is 1. The average Bonchev–Trinajstić information content (AvgIpc) is 2.55. The summed E-state index contributed by atoms with van der Waals surface area (Å²) in [7, 11) is 0. The Morgan fingerprint density at radius 2 is 2.06 bits per heavy atom. The van der Waals surface area contributed by atoms with Crippen LogP contribution in [0.3, 0.4) is 0 Å². The Hall–Kier alpha value is -0.860. The van der Waals surface area contributed by atoms with Crippen LogP contribution in [0.1, 0.15) is 25.0 Å². The molecule has 1 aromatic carbocycles. The van der Waals surface area contributed by atoms with E-state index in [0.29, 0.717) is 0 Å². The molecule has 0 radical (unpaired) electrons. The van der Waals surface area contributed by atoms with Crippen molar-refractivity contribution in [3.05, 3.63) is 35.4 Å². The van der Waals surface area contributed by atoms with Crippen LogP contribution in [0.5, 0.6) is 0 Å². The van der Waals surface area contributed by atoms with Gasteiger partial charge in [-0.2, -0.15) is 0 Å².